The molecule has 4 nitrogen and oxygen atoms in total. The SMILES string of the molecule is CC1CCCC(O)(CNC(=O)[C@H]2CCCNC2)C1. The van der Waals surface area contributed by atoms with Gasteiger partial charge in [-0.1, -0.05) is 19.8 Å². The van der Waals surface area contributed by atoms with Crippen molar-refractivity contribution < 1.29 is 9.90 Å². The maximum absolute atomic E-state index is 12.0. The van der Waals surface area contributed by atoms with Gasteiger partial charge in [-0.25, -0.2) is 0 Å². The largest absolute Gasteiger partial charge is 0.388 e. The van der Waals surface area contributed by atoms with E-state index >= 15 is 0 Å². The quantitative estimate of drug-likeness (QED) is 0.705. The van der Waals surface area contributed by atoms with Crippen LogP contribution in [0.1, 0.15) is 45.4 Å². The van der Waals surface area contributed by atoms with Gasteiger partial charge < -0.3 is 15.7 Å². The normalized spacial score (nSPS) is 37.2. The molecule has 104 valence electrons. The van der Waals surface area contributed by atoms with Crippen LogP contribution in [-0.2, 0) is 4.79 Å². The number of rotatable bonds is 3. The predicted octanol–water partition coefficient (Wildman–Crippen LogP) is 1.04. The highest BCUT2D eigenvalue weighted by molar-refractivity contribution is 5.79. The van der Waals surface area contributed by atoms with Crippen LogP contribution in [0.15, 0.2) is 0 Å². The van der Waals surface area contributed by atoms with Crippen LogP contribution in [0.5, 0.6) is 0 Å². The topological polar surface area (TPSA) is 61.4 Å². The molecule has 4 heteroatoms. The van der Waals surface area contributed by atoms with E-state index in [9.17, 15) is 9.90 Å². The van der Waals surface area contributed by atoms with E-state index < -0.39 is 5.60 Å². The number of piperidine rings is 1. The van der Waals surface area contributed by atoms with Gasteiger partial charge in [-0.15, -0.1) is 0 Å². The fourth-order valence-corrected chi connectivity index (χ4v) is 3.26. The first kappa shape index (κ1) is 13.8. The highest BCUT2D eigenvalue weighted by Crippen LogP contribution is 2.31. The van der Waals surface area contributed by atoms with Crippen LogP contribution in [0.25, 0.3) is 0 Å². The van der Waals surface area contributed by atoms with Crippen molar-refractivity contribution in [3.63, 3.8) is 0 Å². The van der Waals surface area contributed by atoms with Gasteiger partial charge in [-0.3, -0.25) is 4.79 Å². The van der Waals surface area contributed by atoms with Crippen LogP contribution in [0.4, 0.5) is 0 Å². The van der Waals surface area contributed by atoms with E-state index in [-0.39, 0.29) is 11.8 Å². The second kappa shape index (κ2) is 6.02. The molecule has 2 unspecified atom stereocenters. The summed E-state index contributed by atoms with van der Waals surface area (Å²) >= 11 is 0. The molecule has 1 amide bonds. The summed E-state index contributed by atoms with van der Waals surface area (Å²) in [7, 11) is 0. The van der Waals surface area contributed by atoms with Crippen LogP contribution < -0.4 is 10.6 Å². The molecule has 0 bridgehead atoms. The number of hydrogen-bond donors (Lipinski definition) is 3. The van der Waals surface area contributed by atoms with Gasteiger partial charge in [0, 0.05) is 13.1 Å². The summed E-state index contributed by atoms with van der Waals surface area (Å²) in [6.45, 7) is 4.40. The molecule has 2 fully saturated rings. The van der Waals surface area contributed by atoms with Crippen LogP contribution in [0.3, 0.4) is 0 Å². The fraction of sp³-hybridized carbons (Fsp3) is 0.929. The lowest BCUT2D eigenvalue weighted by molar-refractivity contribution is -0.127. The van der Waals surface area contributed by atoms with Crippen LogP contribution in [0, 0.1) is 11.8 Å². The van der Waals surface area contributed by atoms with Crippen molar-refractivity contribution in [1.29, 1.82) is 0 Å². The van der Waals surface area contributed by atoms with E-state index in [4.69, 9.17) is 0 Å². The zero-order valence-corrected chi connectivity index (χ0v) is 11.4. The number of hydrogen-bond acceptors (Lipinski definition) is 3. The molecule has 0 aromatic carbocycles. The third kappa shape index (κ3) is 3.69. The number of nitrogens with one attached hydrogen (secondary N) is 2. The summed E-state index contributed by atoms with van der Waals surface area (Å²) in [5.74, 6) is 0.759. The minimum atomic E-state index is -0.671. The lowest BCUT2D eigenvalue weighted by Gasteiger charge is -2.36. The van der Waals surface area contributed by atoms with Gasteiger partial charge in [0.25, 0.3) is 0 Å². The molecule has 0 spiro atoms. The van der Waals surface area contributed by atoms with Crippen LogP contribution in [0.2, 0.25) is 0 Å². The van der Waals surface area contributed by atoms with E-state index in [0.717, 1.165) is 45.2 Å². The number of carbonyl (C=O) groups excluding carboxylic acids is 1. The summed E-state index contributed by atoms with van der Waals surface area (Å²) < 4.78 is 0. The monoisotopic (exact) mass is 254 g/mol. The Kier molecular flexibility index (Phi) is 4.62. The van der Waals surface area contributed by atoms with E-state index in [1.54, 1.807) is 0 Å². The molecule has 1 saturated heterocycles. The summed E-state index contributed by atoms with van der Waals surface area (Å²) in [6.07, 6.45) is 5.94. The summed E-state index contributed by atoms with van der Waals surface area (Å²) in [5.41, 5.74) is -0.671. The Morgan fingerprint density at radius 1 is 1.44 bits per heavy atom. The molecule has 0 radical (unpaired) electrons. The summed E-state index contributed by atoms with van der Waals surface area (Å²) in [6, 6.07) is 0. The number of aliphatic hydroxyl groups is 1. The zero-order chi connectivity index (χ0) is 13.0. The van der Waals surface area contributed by atoms with E-state index in [1.165, 1.54) is 6.42 Å². The third-order valence-electron chi connectivity index (χ3n) is 4.33. The lowest BCUT2D eigenvalue weighted by Crippen LogP contribution is -2.49. The molecule has 3 atom stereocenters. The minimum absolute atomic E-state index is 0.0864. The second-order valence-electron chi connectivity index (χ2n) is 6.19. The first-order valence-corrected chi connectivity index (χ1v) is 7.30. The molecule has 2 aliphatic rings. The van der Waals surface area contributed by atoms with Gasteiger partial charge in [0.05, 0.1) is 11.5 Å². The molecular weight excluding hydrogens is 228 g/mol. The van der Waals surface area contributed by atoms with Crippen molar-refractivity contribution in [2.75, 3.05) is 19.6 Å². The van der Waals surface area contributed by atoms with Gasteiger partial charge in [-0.05, 0) is 38.1 Å². The first-order chi connectivity index (χ1) is 8.59. The Morgan fingerprint density at radius 3 is 2.94 bits per heavy atom. The molecule has 1 aliphatic heterocycles. The molecule has 0 aromatic heterocycles. The number of carbonyl (C=O) groups is 1. The Morgan fingerprint density at radius 2 is 2.28 bits per heavy atom. The van der Waals surface area contributed by atoms with Crippen molar-refractivity contribution in [3.05, 3.63) is 0 Å². The molecule has 2 rings (SSSR count). The van der Waals surface area contributed by atoms with E-state index in [2.05, 4.69) is 17.6 Å². The van der Waals surface area contributed by atoms with Crippen molar-refractivity contribution >= 4 is 5.91 Å². The third-order valence-corrected chi connectivity index (χ3v) is 4.33. The molecule has 1 heterocycles. The molecule has 3 N–H and O–H groups in total. The maximum Gasteiger partial charge on any atom is 0.224 e. The molecule has 18 heavy (non-hydrogen) atoms. The second-order valence-corrected chi connectivity index (χ2v) is 6.19. The van der Waals surface area contributed by atoms with Gasteiger partial charge in [0.2, 0.25) is 5.91 Å². The van der Waals surface area contributed by atoms with E-state index in [1.807, 2.05) is 0 Å². The minimum Gasteiger partial charge on any atom is -0.388 e. The molecule has 1 aliphatic carbocycles. The Labute approximate surface area is 110 Å². The Hall–Kier alpha value is -0.610. The van der Waals surface area contributed by atoms with Gasteiger partial charge >= 0.3 is 0 Å². The molecular formula is C14H26N2O2. The zero-order valence-electron chi connectivity index (χ0n) is 11.4. The van der Waals surface area contributed by atoms with Crippen LogP contribution in [-0.4, -0.2) is 36.2 Å². The lowest BCUT2D eigenvalue weighted by atomic mass is 9.79. The fourth-order valence-electron chi connectivity index (χ4n) is 3.26. The van der Waals surface area contributed by atoms with Crippen molar-refractivity contribution in [2.24, 2.45) is 11.8 Å². The highest BCUT2D eigenvalue weighted by Gasteiger charge is 2.33. The maximum atomic E-state index is 12.0. The first-order valence-electron chi connectivity index (χ1n) is 7.30. The number of amides is 1. The molecule has 1 saturated carbocycles. The van der Waals surface area contributed by atoms with Gasteiger partial charge in [-0.2, -0.15) is 0 Å². The predicted molar refractivity (Wildman–Crippen MR) is 71.2 cm³/mol. The highest BCUT2D eigenvalue weighted by atomic mass is 16.3. The molecule has 0 aromatic rings. The van der Waals surface area contributed by atoms with Crippen LogP contribution >= 0.6 is 0 Å². The van der Waals surface area contributed by atoms with Crippen molar-refractivity contribution in [1.82, 2.24) is 10.6 Å². The standard InChI is InChI=1S/C14H26N2O2/c1-11-4-2-6-14(18,8-11)10-16-13(17)12-5-3-7-15-9-12/h11-12,15,18H,2-10H2,1H3,(H,16,17)/t11?,12-,14?/m0/s1. The van der Waals surface area contributed by atoms with Crippen molar-refractivity contribution in [2.45, 2.75) is 51.0 Å². The summed E-state index contributed by atoms with van der Waals surface area (Å²) in [4.78, 5) is 12.0. The average molecular weight is 254 g/mol. The van der Waals surface area contributed by atoms with Gasteiger partial charge in [0.1, 0.15) is 0 Å². The Balaban J connectivity index is 1.77. The average Bonchev–Trinajstić information content (AvgIpc) is 2.37. The summed E-state index contributed by atoms with van der Waals surface area (Å²) in [5, 5.41) is 16.7. The Bertz CT molecular complexity index is 290. The smallest absolute Gasteiger partial charge is 0.224 e. The van der Waals surface area contributed by atoms with Crippen molar-refractivity contribution in [3.8, 4) is 0 Å². The van der Waals surface area contributed by atoms with E-state index in [0.29, 0.717) is 12.5 Å². The van der Waals surface area contributed by atoms with Gasteiger partial charge in [0.15, 0.2) is 0 Å².